The molecule has 1 saturated heterocycles. The molecule has 1 unspecified atom stereocenters. The number of amides is 1. The Morgan fingerprint density at radius 1 is 1.71 bits per heavy atom. The molecule has 1 aliphatic heterocycles. The third-order valence-corrected chi connectivity index (χ3v) is 2.54. The van der Waals surface area contributed by atoms with Crippen molar-refractivity contribution >= 4 is 22.6 Å². The fourth-order valence-corrected chi connectivity index (χ4v) is 1.53. The Labute approximate surface area is 83.8 Å². The molecule has 7 nitrogen and oxygen atoms in total. The topological polar surface area (TPSA) is 103 Å². The molecule has 1 aromatic heterocycles. The predicted molar refractivity (Wildman–Crippen MR) is 48.7 cm³/mol. The SMILES string of the molecule is NC1(C(=O)Nc2nnns2)CCOC1. The highest BCUT2D eigenvalue weighted by Crippen LogP contribution is 2.18. The summed E-state index contributed by atoms with van der Waals surface area (Å²) in [7, 11) is 0. The number of nitrogens with one attached hydrogen (secondary N) is 1. The molecule has 0 radical (unpaired) electrons. The molecule has 0 aliphatic carbocycles. The van der Waals surface area contributed by atoms with Gasteiger partial charge in [0.05, 0.1) is 6.61 Å². The van der Waals surface area contributed by atoms with Gasteiger partial charge in [0.1, 0.15) is 5.54 Å². The fraction of sp³-hybridized carbons (Fsp3) is 0.667. The second-order valence-corrected chi connectivity index (χ2v) is 3.81. The molecule has 0 aromatic carbocycles. The first-order valence-corrected chi connectivity index (χ1v) is 4.81. The number of carbonyl (C=O) groups is 1. The van der Waals surface area contributed by atoms with Gasteiger partial charge in [-0.05, 0) is 11.6 Å². The van der Waals surface area contributed by atoms with Crippen LogP contribution in [0.4, 0.5) is 5.13 Å². The second kappa shape index (κ2) is 3.56. The minimum atomic E-state index is -0.939. The highest BCUT2D eigenvalue weighted by molar-refractivity contribution is 7.09. The third-order valence-electron chi connectivity index (χ3n) is 2.02. The van der Waals surface area contributed by atoms with Gasteiger partial charge in [-0.3, -0.25) is 10.1 Å². The number of aromatic nitrogens is 3. The molecule has 76 valence electrons. The van der Waals surface area contributed by atoms with Crippen molar-refractivity contribution in [3.05, 3.63) is 0 Å². The zero-order valence-corrected chi connectivity index (χ0v) is 8.08. The van der Waals surface area contributed by atoms with Crippen LogP contribution in [0.15, 0.2) is 0 Å². The summed E-state index contributed by atoms with van der Waals surface area (Å²) in [6.07, 6.45) is 0.519. The predicted octanol–water partition coefficient (Wildman–Crippen LogP) is -1.01. The van der Waals surface area contributed by atoms with Crippen LogP contribution in [-0.4, -0.2) is 39.5 Å². The normalized spacial score (nSPS) is 26.4. The quantitative estimate of drug-likeness (QED) is 0.655. The summed E-state index contributed by atoms with van der Waals surface area (Å²) in [5.74, 6) is -0.298. The minimum absolute atomic E-state index is 0.241. The third kappa shape index (κ3) is 1.72. The molecule has 1 amide bonds. The molecule has 1 fully saturated rings. The standard InChI is InChI=1S/C6H9N5O2S/c7-6(1-2-13-3-6)4(12)8-5-9-10-11-14-5/h1-3,7H2,(H,8,9,11,12). The van der Waals surface area contributed by atoms with Gasteiger partial charge in [0.2, 0.25) is 11.0 Å². The van der Waals surface area contributed by atoms with Crippen molar-refractivity contribution < 1.29 is 9.53 Å². The van der Waals surface area contributed by atoms with Crippen molar-refractivity contribution in [3.8, 4) is 0 Å². The van der Waals surface area contributed by atoms with Crippen molar-refractivity contribution in [3.63, 3.8) is 0 Å². The molecule has 0 bridgehead atoms. The van der Waals surface area contributed by atoms with Crippen LogP contribution in [0.25, 0.3) is 0 Å². The average Bonchev–Trinajstić information content (AvgIpc) is 2.76. The van der Waals surface area contributed by atoms with Gasteiger partial charge in [0.25, 0.3) is 0 Å². The van der Waals surface area contributed by atoms with Gasteiger partial charge in [0.15, 0.2) is 0 Å². The molecule has 1 aromatic rings. The van der Waals surface area contributed by atoms with E-state index in [4.69, 9.17) is 10.5 Å². The lowest BCUT2D eigenvalue weighted by molar-refractivity contribution is -0.121. The van der Waals surface area contributed by atoms with Gasteiger partial charge in [0, 0.05) is 18.1 Å². The number of carbonyl (C=O) groups excluding carboxylic acids is 1. The van der Waals surface area contributed by atoms with Crippen LogP contribution in [0.1, 0.15) is 6.42 Å². The number of nitrogens with zero attached hydrogens (tertiary/aromatic N) is 3. The lowest BCUT2D eigenvalue weighted by Crippen LogP contribution is -2.51. The van der Waals surface area contributed by atoms with E-state index in [0.29, 0.717) is 18.2 Å². The lowest BCUT2D eigenvalue weighted by Gasteiger charge is -2.18. The van der Waals surface area contributed by atoms with Crippen LogP contribution in [0.2, 0.25) is 0 Å². The van der Waals surface area contributed by atoms with E-state index in [1.807, 2.05) is 0 Å². The van der Waals surface area contributed by atoms with Crippen LogP contribution in [-0.2, 0) is 9.53 Å². The summed E-state index contributed by atoms with van der Waals surface area (Å²) in [4.78, 5) is 11.6. The molecule has 0 spiro atoms. The van der Waals surface area contributed by atoms with Crippen molar-refractivity contribution in [2.75, 3.05) is 18.5 Å². The van der Waals surface area contributed by atoms with E-state index >= 15 is 0 Å². The Hall–Kier alpha value is -1.12. The highest BCUT2D eigenvalue weighted by Gasteiger charge is 2.38. The maximum atomic E-state index is 11.6. The Morgan fingerprint density at radius 2 is 2.57 bits per heavy atom. The first-order chi connectivity index (χ1) is 6.71. The fourth-order valence-electron chi connectivity index (χ4n) is 1.16. The molecule has 2 rings (SSSR count). The Morgan fingerprint density at radius 3 is 3.14 bits per heavy atom. The van der Waals surface area contributed by atoms with E-state index in [2.05, 4.69) is 20.1 Å². The van der Waals surface area contributed by atoms with Gasteiger partial charge in [-0.1, -0.05) is 9.59 Å². The first kappa shape index (κ1) is 9.44. The Kier molecular flexibility index (Phi) is 2.40. The van der Waals surface area contributed by atoms with E-state index < -0.39 is 5.54 Å². The average molecular weight is 215 g/mol. The molecule has 1 atom stereocenters. The maximum Gasteiger partial charge on any atom is 0.248 e. The van der Waals surface area contributed by atoms with Crippen LogP contribution < -0.4 is 11.1 Å². The van der Waals surface area contributed by atoms with Gasteiger partial charge in [-0.15, -0.1) is 0 Å². The van der Waals surface area contributed by atoms with E-state index in [9.17, 15) is 4.79 Å². The smallest absolute Gasteiger partial charge is 0.248 e. The zero-order chi connectivity index (χ0) is 10.0. The van der Waals surface area contributed by atoms with Gasteiger partial charge >= 0.3 is 0 Å². The summed E-state index contributed by atoms with van der Waals surface area (Å²) < 4.78 is 8.58. The zero-order valence-electron chi connectivity index (χ0n) is 7.27. The molecule has 8 heteroatoms. The maximum absolute atomic E-state index is 11.6. The molecular weight excluding hydrogens is 206 g/mol. The summed E-state index contributed by atoms with van der Waals surface area (Å²) >= 11 is 1.01. The van der Waals surface area contributed by atoms with Crippen molar-refractivity contribution in [2.24, 2.45) is 5.73 Å². The van der Waals surface area contributed by atoms with E-state index in [1.165, 1.54) is 0 Å². The number of hydrogen-bond donors (Lipinski definition) is 2. The number of nitrogens with two attached hydrogens (primary N) is 1. The van der Waals surface area contributed by atoms with Crippen LogP contribution in [0.3, 0.4) is 0 Å². The summed E-state index contributed by atoms with van der Waals surface area (Å²) in [5.41, 5.74) is 4.88. The lowest BCUT2D eigenvalue weighted by atomic mass is 10.00. The van der Waals surface area contributed by atoms with Crippen molar-refractivity contribution in [1.82, 2.24) is 14.8 Å². The Bertz CT molecular complexity index is 321. The van der Waals surface area contributed by atoms with E-state index in [1.54, 1.807) is 0 Å². The van der Waals surface area contributed by atoms with Crippen LogP contribution in [0.5, 0.6) is 0 Å². The molecule has 3 N–H and O–H groups in total. The molecule has 1 aliphatic rings. The summed E-state index contributed by atoms with van der Waals surface area (Å²) in [6, 6.07) is 0. The minimum Gasteiger partial charge on any atom is -0.379 e. The van der Waals surface area contributed by atoms with Crippen molar-refractivity contribution in [1.29, 1.82) is 0 Å². The van der Waals surface area contributed by atoms with Crippen LogP contribution >= 0.6 is 11.5 Å². The van der Waals surface area contributed by atoms with Gasteiger partial charge in [-0.2, -0.15) is 0 Å². The largest absolute Gasteiger partial charge is 0.379 e. The van der Waals surface area contributed by atoms with Crippen LogP contribution in [0, 0.1) is 0 Å². The van der Waals surface area contributed by atoms with E-state index in [0.717, 1.165) is 11.5 Å². The molecule has 2 heterocycles. The molecule has 14 heavy (non-hydrogen) atoms. The van der Waals surface area contributed by atoms with Gasteiger partial charge < -0.3 is 10.5 Å². The molecule has 0 saturated carbocycles. The number of hydrogen-bond acceptors (Lipinski definition) is 7. The number of rotatable bonds is 2. The number of anilines is 1. The first-order valence-electron chi connectivity index (χ1n) is 4.04. The highest BCUT2D eigenvalue weighted by atomic mass is 32.1. The monoisotopic (exact) mass is 215 g/mol. The van der Waals surface area contributed by atoms with Gasteiger partial charge in [-0.25, -0.2) is 0 Å². The summed E-state index contributed by atoms with van der Waals surface area (Å²) in [5, 5.41) is 9.84. The Balaban J connectivity index is 2.02. The summed E-state index contributed by atoms with van der Waals surface area (Å²) in [6.45, 7) is 0.753. The molecular formula is C6H9N5O2S. The second-order valence-electron chi connectivity index (χ2n) is 3.08. The van der Waals surface area contributed by atoms with E-state index in [-0.39, 0.29) is 12.5 Å². The van der Waals surface area contributed by atoms with Crippen molar-refractivity contribution in [2.45, 2.75) is 12.0 Å². The number of ether oxygens (including phenoxy) is 1.